The molecular formula is C22H21ClN4O. The van der Waals surface area contributed by atoms with Crippen LogP contribution >= 0.6 is 11.6 Å². The Morgan fingerprint density at radius 2 is 1.93 bits per heavy atom. The molecule has 3 aromatic rings. The van der Waals surface area contributed by atoms with Gasteiger partial charge in [0.1, 0.15) is 0 Å². The van der Waals surface area contributed by atoms with Gasteiger partial charge in [0.15, 0.2) is 0 Å². The molecule has 0 bridgehead atoms. The summed E-state index contributed by atoms with van der Waals surface area (Å²) in [4.78, 5) is 21.3. The van der Waals surface area contributed by atoms with E-state index in [4.69, 9.17) is 11.6 Å². The van der Waals surface area contributed by atoms with Crippen LogP contribution in [0.2, 0.25) is 5.02 Å². The molecule has 1 aromatic heterocycles. The number of halogens is 1. The summed E-state index contributed by atoms with van der Waals surface area (Å²) in [7, 11) is 0. The van der Waals surface area contributed by atoms with Gasteiger partial charge in [0, 0.05) is 28.7 Å². The lowest BCUT2D eigenvalue weighted by Gasteiger charge is -2.13. The van der Waals surface area contributed by atoms with Crippen molar-refractivity contribution in [2.75, 3.05) is 5.32 Å². The number of carbonyl (C=O) groups is 1. The predicted molar refractivity (Wildman–Crippen MR) is 114 cm³/mol. The Morgan fingerprint density at radius 3 is 2.64 bits per heavy atom. The van der Waals surface area contributed by atoms with Crippen LogP contribution in [0.1, 0.15) is 27.0 Å². The maximum Gasteiger partial charge on any atom is 0.257 e. The molecular weight excluding hydrogens is 372 g/mol. The zero-order valence-corrected chi connectivity index (χ0v) is 16.5. The monoisotopic (exact) mass is 392 g/mol. The molecule has 1 heterocycles. The van der Waals surface area contributed by atoms with Crippen LogP contribution in [0, 0.1) is 13.8 Å². The van der Waals surface area contributed by atoms with Crippen LogP contribution in [0.5, 0.6) is 0 Å². The predicted octanol–water partition coefficient (Wildman–Crippen LogP) is 4.75. The molecule has 142 valence electrons. The number of amides is 1. The number of aryl methyl sites for hydroxylation is 2. The van der Waals surface area contributed by atoms with E-state index < -0.39 is 0 Å². The van der Waals surface area contributed by atoms with Crippen molar-refractivity contribution in [2.24, 2.45) is 4.99 Å². The lowest BCUT2D eigenvalue weighted by Crippen LogP contribution is -2.36. The summed E-state index contributed by atoms with van der Waals surface area (Å²) < 4.78 is 0. The SMILES string of the molecule is Cc1ccc(C(=O)NC(=NCc2cccnc2)Nc2cccc(Cl)c2)cc1C. The number of hydrogen-bond donors (Lipinski definition) is 2. The molecule has 0 atom stereocenters. The number of benzene rings is 2. The molecule has 1 amide bonds. The van der Waals surface area contributed by atoms with Gasteiger partial charge in [-0.1, -0.05) is 29.8 Å². The molecule has 5 nitrogen and oxygen atoms in total. The molecule has 3 rings (SSSR count). The molecule has 0 saturated heterocycles. The summed E-state index contributed by atoms with van der Waals surface area (Å²) in [5.41, 5.74) is 4.44. The van der Waals surface area contributed by atoms with Crippen LogP contribution in [0.4, 0.5) is 5.69 Å². The average Bonchev–Trinajstić information content (AvgIpc) is 2.69. The molecule has 0 aliphatic rings. The van der Waals surface area contributed by atoms with Crippen LogP contribution in [-0.2, 0) is 6.54 Å². The zero-order chi connectivity index (χ0) is 19.9. The fraction of sp³-hybridized carbons (Fsp3) is 0.136. The topological polar surface area (TPSA) is 66.4 Å². The molecule has 0 fully saturated rings. The Hall–Kier alpha value is -3.18. The maximum atomic E-state index is 12.7. The number of hydrogen-bond acceptors (Lipinski definition) is 3. The van der Waals surface area contributed by atoms with Crippen LogP contribution < -0.4 is 10.6 Å². The lowest BCUT2D eigenvalue weighted by molar-refractivity contribution is 0.0977. The first-order valence-corrected chi connectivity index (χ1v) is 9.23. The first-order valence-electron chi connectivity index (χ1n) is 8.86. The number of aromatic nitrogens is 1. The summed E-state index contributed by atoms with van der Waals surface area (Å²) in [5.74, 6) is 0.108. The minimum atomic E-state index is -0.234. The third kappa shape index (κ3) is 5.41. The van der Waals surface area contributed by atoms with Crippen LogP contribution in [0.25, 0.3) is 0 Å². The van der Waals surface area contributed by atoms with Gasteiger partial charge in [-0.2, -0.15) is 0 Å². The highest BCUT2D eigenvalue weighted by Crippen LogP contribution is 2.15. The number of nitrogens with zero attached hydrogens (tertiary/aromatic N) is 2. The van der Waals surface area contributed by atoms with Gasteiger partial charge >= 0.3 is 0 Å². The van der Waals surface area contributed by atoms with Gasteiger partial charge < -0.3 is 5.32 Å². The van der Waals surface area contributed by atoms with Crippen LogP contribution in [0.15, 0.2) is 72.0 Å². The molecule has 0 radical (unpaired) electrons. The van der Waals surface area contributed by atoms with E-state index in [1.54, 1.807) is 30.6 Å². The van der Waals surface area contributed by atoms with E-state index in [1.165, 1.54) is 0 Å². The molecule has 0 spiro atoms. The smallest absolute Gasteiger partial charge is 0.257 e. The Balaban J connectivity index is 1.82. The largest absolute Gasteiger partial charge is 0.326 e. The fourth-order valence-electron chi connectivity index (χ4n) is 2.54. The Labute approximate surface area is 169 Å². The van der Waals surface area contributed by atoms with E-state index in [2.05, 4.69) is 20.6 Å². The van der Waals surface area contributed by atoms with E-state index in [0.29, 0.717) is 23.1 Å². The zero-order valence-electron chi connectivity index (χ0n) is 15.7. The van der Waals surface area contributed by atoms with Crippen molar-refractivity contribution in [2.45, 2.75) is 20.4 Å². The van der Waals surface area contributed by atoms with Crippen molar-refractivity contribution >= 4 is 29.2 Å². The van der Waals surface area contributed by atoms with Crippen molar-refractivity contribution in [3.63, 3.8) is 0 Å². The maximum absolute atomic E-state index is 12.7. The van der Waals surface area contributed by atoms with Gasteiger partial charge in [0.05, 0.1) is 6.54 Å². The van der Waals surface area contributed by atoms with Crippen molar-refractivity contribution in [1.29, 1.82) is 0 Å². The average molecular weight is 393 g/mol. The highest BCUT2D eigenvalue weighted by molar-refractivity contribution is 6.31. The van der Waals surface area contributed by atoms with Crippen LogP contribution in [-0.4, -0.2) is 16.9 Å². The van der Waals surface area contributed by atoms with Crippen molar-refractivity contribution in [3.8, 4) is 0 Å². The summed E-state index contributed by atoms with van der Waals surface area (Å²) in [5, 5.41) is 6.58. The molecule has 6 heteroatoms. The molecule has 0 saturated carbocycles. The van der Waals surface area contributed by atoms with Crippen molar-refractivity contribution < 1.29 is 4.79 Å². The van der Waals surface area contributed by atoms with E-state index in [9.17, 15) is 4.79 Å². The molecule has 2 aromatic carbocycles. The second-order valence-electron chi connectivity index (χ2n) is 6.41. The van der Waals surface area contributed by atoms with E-state index >= 15 is 0 Å². The quantitative estimate of drug-likeness (QED) is 0.497. The Kier molecular flexibility index (Phi) is 6.40. The van der Waals surface area contributed by atoms with E-state index in [0.717, 1.165) is 22.4 Å². The van der Waals surface area contributed by atoms with Gasteiger partial charge in [-0.3, -0.25) is 15.1 Å². The molecule has 0 unspecified atom stereocenters. The number of pyridine rings is 1. The Morgan fingerprint density at radius 1 is 1.07 bits per heavy atom. The van der Waals surface area contributed by atoms with Gasteiger partial charge in [0.25, 0.3) is 5.91 Å². The number of rotatable bonds is 4. The van der Waals surface area contributed by atoms with Gasteiger partial charge in [-0.15, -0.1) is 0 Å². The highest BCUT2D eigenvalue weighted by Gasteiger charge is 2.10. The number of aliphatic imine (C=N–C) groups is 1. The lowest BCUT2D eigenvalue weighted by atomic mass is 10.1. The number of guanidine groups is 1. The van der Waals surface area contributed by atoms with Crippen LogP contribution in [0.3, 0.4) is 0 Å². The third-order valence-electron chi connectivity index (χ3n) is 4.23. The fourth-order valence-corrected chi connectivity index (χ4v) is 2.73. The number of nitrogens with one attached hydrogen (secondary N) is 2. The van der Waals surface area contributed by atoms with E-state index in [1.807, 2.05) is 50.2 Å². The van der Waals surface area contributed by atoms with Crippen molar-refractivity contribution in [3.05, 3.63) is 94.3 Å². The summed E-state index contributed by atoms with van der Waals surface area (Å²) in [6, 6.07) is 16.6. The van der Waals surface area contributed by atoms with Gasteiger partial charge in [-0.05, 0) is 66.9 Å². The summed E-state index contributed by atoms with van der Waals surface area (Å²) >= 11 is 6.06. The minimum Gasteiger partial charge on any atom is -0.326 e. The Bertz CT molecular complexity index is 1000. The minimum absolute atomic E-state index is 0.234. The second-order valence-corrected chi connectivity index (χ2v) is 6.85. The molecule has 28 heavy (non-hydrogen) atoms. The van der Waals surface area contributed by atoms with Gasteiger partial charge in [-0.25, -0.2) is 4.99 Å². The molecule has 2 N–H and O–H groups in total. The summed E-state index contributed by atoms with van der Waals surface area (Å²) in [6.45, 7) is 4.37. The number of carbonyl (C=O) groups excluding carboxylic acids is 1. The van der Waals surface area contributed by atoms with Crippen molar-refractivity contribution in [1.82, 2.24) is 10.3 Å². The van der Waals surface area contributed by atoms with Gasteiger partial charge in [0.2, 0.25) is 5.96 Å². The first kappa shape index (κ1) is 19.6. The summed E-state index contributed by atoms with van der Waals surface area (Å²) in [6.07, 6.45) is 3.45. The standard InChI is InChI=1S/C22H21ClN4O/c1-15-8-9-18(11-16(15)2)21(28)27-22(25-14-17-5-4-10-24-13-17)26-20-7-3-6-19(23)12-20/h3-13H,14H2,1-2H3,(H2,25,26,27,28). The van der Waals surface area contributed by atoms with E-state index in [-0.39, 0.29) is 5.91 Å². The third-order valence-corrected chi connectivity index (χ3v) is 4.47. The second kappa shape index (κ2) is 9.15. The molecule has 0 aliphatic heterocycles. The number of anilines is 1. The normalized spacial score (nSPS) is 11.2. The molecule has 0 aliphatic carbocycles. The highest BCUT2D eigenvalue weighted by atomic mass is 35.5. The first-order chi connectivity index (χ1) is 13.5.